The number of rotatable bonds is 8. The maximum atomic E-state index is 5.13. The Kier molecular flexibility index (Phi) is 6.41. The third-order valence-corrected chi connectivity index (χ3v) is 2.80. The Labute approximate surface area is 105 Å². The van der Waals surface area contributed by atoms with E-state index in [0.29, 0.717) is 6.04 Å². The maximum Gasteiger partial charge on any atom is 0.0503 e. The monoisotopic (exact) mass is 233 g/mol. The van der Waals surface area contributed by atoms with E-state index in [9.17, 15) is 0 Å². The fraction of sp³-hybridized carbons (Fsp3) is 0.467. The average molecular weight is 233 g/mol. The SMILES string of the molecule is C=CCCC(C)Nc1ccccc1CCOC. The summed E-state index contributed by atoms with van der Waals surface area (Å²) in [5.74, 6) is 0. The molecule has 17 heavy (non-hydrogen) atoms. The van der Waals surface area contributed by atoms with Gasteiger partial charge in [-0.1, -0.05) is 24.3 Å². The Hall–Kier alpha value is -1.28. The van der Waals surface area contributed by atoms with E-state index in [4.69, 9.17) is 4.74 Å². The Balaban J connectivity index is 2.58. The molecular weight excluding hydrogens is 210 g/mol. The first-order chi connectivity index (χ1) is 8.27. The predicted octanol–water partition coefficient (Wildman–Crippen LogP) is 3.64. The zero-order chi connectivity index (χ0) is 12.5. The van der Waals surface area contributed by atoms with E-state index in [1.54, 1.807) is 7.11 Å². The second-order valence-corrected chi connectivity index (χ2v) is 4.31. The number of allylic oxidation sites excluding steroid dienone is 1. The first-order valence-electron chi connectivity index (χ1n) is 6.22. The van der Waals surface area contributed by atoms with E-state index in [2.05, 4.69) is 43.1 Å². The highest BCUT2D eigenvalue weighted by atomic mass is 16.5. The van der Waals surface area contributed by atoms with E-state index in [1.807, 2.05) is 6.08 Å². The molecule has 2 heteroatoms. The number of ether oxygens (including phenoxy) is 1. The summed E-state index contributed by atoms with van der Waals surface area (Å²) >= 11 is 0. The third-order valence-electron chi connectivity index (χ3n) is 2.80. The number of anilines is 1. The van der Waals surface area contributed by atoms with Crippen LogP contribution in [0, 0.1) is 0 Å². The van der Waals surface area contributed by atoms with Crippen molar-refractivity contribution in [2.45, 2.75) is 32.2 Å². The van der Waals surface area contributed by atoms with Gasteiger partial charge in [0, 0.05) is 18.8 Å². The first-order valence-corrected chi connectivity index (χ1v) is 6.22. The van der Waals surface area contributed by atoms with E-state index in [-0.39, 0.29) is 0 Å². The normalized spacial score (nSPS) is 12.1. The molecule has 0 aromatic heterocycles. The van der Waals surface area contributed by atoms with Crippen LogP contribution in [0.5, 0.6) is 0 Å². The van der Waals surface area contributed by atoms with Crippen molar-refractivity contribution in [3.05, 3.63) is 42.5 Å². The first kappa shape index (κ1) is 13.8. The molecule has 1 unspecified atom stereocenters. The second-order valence-electron chi connectivity index (χ2n) is 4.31. The number of benzene rings is 1. The molecule has 1 aromatic rings. The number of para-hydroxylation sites is 1. The smallest absolute Gasteiger partial charge is 0.0503 e. The van der Waals surface area contributed by atoms with Crippen LogP contribution in [-0.2, 0) is 11.2 Å². The summed E-state index contributed by atoms with van der Waals surface area (Å²) in [6.07, 6.45) is 5.08. The van der Waals surface area contributed by atoms with Crippen molar-refractivity contribution in [2.24, 2.45) is 0 Å². The third kappa shape index (κ3) is 5.05. The Morgan fingerprint density at radius 3 is 2.88 bits per heavy atom. The standard InChI is InChI=1S/C15H23NO/c1-4-5-8-13(2)16-15-10-7-6-9-14(15)11-12-17-3/h4,6-7,9-10,13,16H,1,5,8,11-12H2,2-3H3. The molecule has 0 aliphatic rings. The molecule has 0 saturated heterocycles. The van der Waals surface area contributed by atoms with Crippen LogP contribution in [0.15, 0.2) is 36.9 Å². The Morgan fingerprint density at radius 1 is 1.41 bits per heavy atom. The molecule has 0 aliphatic carbocycles. The molecular formula is C15H23NO. The van der Waals surface area contributed by atoms with E-state index < -0.39 is 0 Å². The number of hydrogen-bond donors (Lipinski definition) is 1. The van der Waals surface area contributed by atoms with Gasteiger partial charge in [-0.2, -0.15) is 0 Å². The summed E-state index contributed by atoms with van der Waals surface area (Å²) < 4.78 is 5.13. The van der Waals surface area contributed by atoms with Gasteiger partial charge in [-0.3, -0.25) is 0 Å². The minimum Gasteiger partial charge on any atom is -0.384 e. The van der Waals surface area contributed by atoms with Crippen molar-refractivity contribution >= 4 is 5.69 Å². The fourth-order valence-electron chi connectivity index (χ4n) is 1.80. The van der Waals surface area contributed by atoms with Gasteiger partial charge in [-0.15, -0.1) is 6.58 Å². The maximum absolute atomic E-state index is 5.13. The highest BCUT2D eigenvalue weighted by Crippen LogP contribution is 2.17. The topological polar surface area (TPSA) is 21.3 Å². The molecule has 0 aliphatic heterocycles. The molecule has 1 aromatic carbocycles. The molecule has 1 atom stereocenters. The number of methoxy groups -OCH3 is 1. The molecule has 0 spiro atoms. The molecule has 1 N–H and O–H groups in total. The lowest BCUT2D eigenvalue weighted by molar-refractivity contribution is 0.202. The summed E-state index contributed by atoms with van der Waals surface area (Å²) in [5, 5.41) is 3.55. The molecule has 94 valence electrons. The lowest BCUT2D eigenvalue weighted by Crippen LogP contribution is -2.16. The van der Waals surface area contributed by atoms with Crippen LogP contribution in [0.2, 0.25) is 0 Å². The zero-order valence-electron chi connectivity index (χ0n) is 10.9. The van der Waals surface area contributed by atoms with E-state index in [1.165, 1.54) is 11.3 Å². The molecule has 0 fully saturated rings. The lowest BCUT2D eigenvalue weighted by atomic mass is 10.1. The summed E-state index contributed by atoms with van der Waals surface area (Å²) in [4.78, 5) is 0. The lowest BCUT2D eigenvalue weighted by Gasteiger charge is -2.17. The van der Waals surface area contributed by atoms with Crippen LogP contribution in [-0.4, -0.2) is 19.8 Å². The molecule has 1 rings (SSSR count). The van der Waals surface area contributed by atoms with Crippen molar-refractivity contribution in [1.82, 2.24) is 0 Å². The molecule has 2 nitrogen and oxygen atoms in total. The highest BCUT2D eigenvalue weighted by Gasteiger charge is 2.05. The van der Waals surface area contributed by atoms with Crippen LogP contribution in [0.4, 0.5) is 5.69 Å². The van der Waals surface area contributed by atoms with Gasteiger partial charge in [0.15, 0.2) is 0 Å². The fourth-order valence-corrected chi connectivity index (χ4v) is 1.80. The largest absolute Gasteiger partial charge is 0.384 e. The molecule has 0 bridgehead atoms. The van der Waals surface area contributed by atoms with Crippen molar-refractivity contribution in [1.29, 1.82) is 0 Å². The Morgan fingerprint density at radius 2 is 2.18 bits per heavy atom. The van der Waals surface area contributed by atoms with Gasteiger partial charge in [0.1, 0.15) is 0 Å². The zero-order valence-corrected chi connectivity index (χ0v) is 10.9. The van der Waals surface area contributed by atoms with Crippen molar-refractivity contribution in [3.63, 3.8) is 0 Å². The summed E-state index contributed by atoms with van der Waals surface area (Å²) in [6.45, 7) is 6.72. The van der Waals surface area contributed by atoms with Crippen LogP contribution in [0.25, 0.3) is 0 Å². The molecule has 0 radical (unpaired) electrons. The predicted molar refractivity (Wildman–Crippen MR) is 74.5 cm³/mol. The summed E-state index contributed by atoms with van der Waals surface area (Å²) in [5.41, 5.74) is 2.54. The summed E-state index contributed by atoms with van der Waals surface area (Å²) in [7, 11) is 1.74. The second kappa shape index (κ2) is 7.91. The number of nitrogens with one attached hydrogen (secondary N) is 1. The van der Waals surface area contributed by atoms with Crippen molar-refractivity contribution in [3.8, 4) is 0 Å². The Bertz CT molecular complexity index is 335. The molecule has 0 amide bonds. The average Bonchev–Trinajstić information content (AvgIpc) is 2.35. The van der Waals surface area contributed by atoms with Crippen LogP contribution in [0.3, 0.4) is 0 Å². The van der Waals surface area contributed by atoms with Crippen molar-refractivity contribution < 1.29 is 4.74 Å². The summed E-state index contributed by atoms with van der Waals surface area (Å²) in [6, 6.07) is 8.90. The van der Waals surface area contributed by atoms with Gasteiger partial charge in [0.2, 0.25) is 0 Å². The minimum absolute atomic E-state index is 0.469. The van der Waals surface area contributed by atoms with Crippen LogP contribution < -0.4 is 5.32 Å². The van der Waals surface area contributed by atoms with Gasteiger partial charge < -0.3 is 10.1 Å². The van der Waals surface area contributed by atoms with E-state index >= 15 is 0 Å². The van der Waals surface area contributed by atoms with E-state index in [0.717, 1.165) is 25.9 Å². The van der Waals surface area contributed by atoms with Crippen LogP contribution >= 0.6 is 0 Å². The van der Waals surface area contributed by atoms with Gasteiger partial charge in [0.25, 0.3) is 0 Å². The highest BCUT2D eigenvalue weighted by molar-refractivity contribution is 5.51. The van der Waals surface area contributed by atoms with Gasteiger partial charge in [0.05, 0.1) is 6.61 Å². The van der Waals surface area contributed by atoms with Crippen LogP contribution in [0.1, 0.15) is 25.3 Å². The minimum atomic E-state index is 0.469. The van der Waals surface area contributed by atoms with Gasteiger partial charge >= 0.3 is 0 Å². The quantitative estimate of drug-likeness (QED) is 0.692. The molecule has 0 saturated carbocycles. The van der Waals surface area contributed by atoms with Gasteiger partial charge in [-0.05, 0) is 37.8 Å². The van der Waals surface area contributed by atoms with Crippen molar-refractivity contribution in [2.75, 3.05) is 19.0 Å². The number of hydrogen-bond acceptors (Lipinski definition) is 2. The molecule has 0 heterocycles. The van der Waals surface area contributed by atoms with Gasteiger partial charge in [-0.25, -0.2) is 0 Å².